The highest BCUT2D eigenvalue weighted by Crippen LogP contribution is 2.22. The van der Waals surface area contributed by atoms with Crippen LogP contribution in [0.5, 0.6) is 0 Å². The van der Waals surface area contributed by atoms with Gasteiger partial charge in [0.2, 0.25) is 5.91 Å². The summed E-state index contributed by atoms with van der Waals surface area (Å²) >= 11 is 0. The first kappa shape index (κ1) is 15.4. The van der Waals surface area contributed by atoms with Crippen molar-refractivity contribution in [1.82, 2.24) is 0 Å². The predicted molar refractivity (Wildman–Crippen MR) is 81.2 cm³/mol. The first-order chi connectivity index (χ1) is 10.6. The van der Waals surface area contributed by atoms with E-state index in [0.29, 0.717) is 11.4 Å². The van der Waals surface area contributed by atoms with Crippen LogP contribution in [0.1, 0.15) is 6.42 Å². The summed E-state index contributed by atoms with van der Waals surface area (Å²) in [4.78, 5) is 22.1. The fraction of sp³-hybridized carbons (Fsp3) is 0.133. The van der Waals surface area contributed by atoms with Crippen molar-refractivity contribution in [2.75, 3.05) is 17.2 Å². The van der Waals surface area contributed by atoms with E-state index in [-0.39, 0.29) is 24.6 Å². The quantitative estimate of drug-likeness (QED) is 0.634. The summed E-state index contributed by atoms with van der Waals surface area (Å²) < 4.78 is 13.0. The molecular weight excluding hydrogens is 289 g/mol. The SMILES string of the molecule is O=C(CCNc1ccccc1[N+](=O)[O-])Nc1cccc(F)c1. The molecule has 0 unspecified atom stereocenters. The number of nitrogens with zero attached hydrogens (tertiary/aromatic N) is 1. The molecule has 2 aromatic rings. The van der Waals surface area contributed by atoms with Crippen molar-refractivity contribution in [2.45, 2.75) is 6.42 Å². The lowest BCUT2D eigenvalue weighted by Gasteiger charge is -2.08. The van der Waals surface area contributed by atoms with E-state index in [2.05, 4.69) is 10.6 Å². The van der Waals surface area contributed by atoms with Crippen LogP contribution in [0.15, 0.2) is 48.5 Å². The Bertz CT molecular complexity index is 691. The smallest absolute Gasteiger partial charge is 0.292 e. The van der Waals surface area contributed by atoms with Crippen molar-refractivity contribution in [3.63, 3.8) is 0 Å². The molecule has 2 aromatic carbocycles. The van der Waals surface area contributed by atoms with Crippen molar-refractivity contribution in [3.8, 4) is 0 Å². The molecular formula is C15H14FN3O3. The average Bonchev–Trinajstić information content (AvgIpc) is 2.47. The van der Waals surface area contributed by atoms with Crippen LogP contribution in [0.2, 0.25) is 0 Å². The number of halogens is 1. The van der Waals surface area contributed by atoms with Crippen LogP contribution in [-0.2, 0) is 4.79 Å². The third kappa shape index (κ3) is 4.27. The Hall–Kier alpha value is -2.96. The Morgan fingerprint density at radius 2 is 1.95 bits per heavy atom. The Morgan fingerprint density at radius 1 is 1.18 bits per heavy atom. The van der Waals surface area contributed by atoms with E-state index in [1.807, 2.05) is 0 Å². The van der Waals surface area contributed by atoms with Crippen molar-refractivity contribution < 1.29 is 14.1 Å². The monoisotopic (exact) mass is 303 g/mol. The highest BCUT2D eigenvalue weighted by Gasteiger charge is 2.12. The van der Waals surface area contributed by atoms with Crippen LogP contribution in [0.25, 0.3) is 0 Å². The molecule has 0 aliphatic carbocycles. The summed E-state index contributed by atoms with van der Waals surface area (Å²) in [6.07, 6.45) is 0.0998. The van der Waals surface area contributed by atoms with Gasteiger partial charge in [0.1, 0.15) is 11.5 Å². The summed E-state index contributed by atoms with van der Waals surface area (Å²) in [5.41, 5.74) is 0.676. The molecule has 0 spiro atoms. The van der Waals surface area contributed by atoms with Crippen LogP contribution in [0.3, 0.4) is 0 Å². The minimum Gasteiger partial charge on any atom is -0.379 e. The lowest BCUT2D eigenvalue weighted by Crippen LogP contribution is -2.16. The van der Waals surface area contributed by atoms with E-state index in [1.165, 1.54) is 24.3 Å². The largest absolute Gasteiger partial charge is 0.379 e. The second kappa shape index (κ2) is 7.16. The van der Waals surface area contributed by atoms with E-state index in [1.54, 1.807) is 24.3 Å². The number of anilines is 2. The van der Waals surface area contributed by atoms with Gasteiger partial charge in [0, 0.05) is 24.7 Å². The number of nitro groups is 1. The fourth-order valence-corrected chi connectivity index (χ4v) is 1.88. The molecule has 0 fully saturated rings. The van der Waals surface area contributed by atoms with Gasteiger partial charge in [-0.1, -0.05) is 18.2 Å². The lowest BCUT2D eigenvalue weighted by atomic mass is 10.2. The number of hydrogen-bond donors (Lipinski definition) is 2. The molecule has 7 heteroatoms. The predicted octanol–water partition coefficient (Wildman–Crippen LogP) is 3.17. The van der Waals surface area contributed by atoms with Crippen LogP contribution >= 0.6 is 0 Å². The number of benzene rings is 2. The lowest BCUT2D eigenvalue weighted by molar-refractivity contribution is -0.384. The van der Waals surface area contributed by atoms with Crippen molar-refractivity contribution in [1.29, 1.82) is 0 Å². The van der Waals surface area contributed by atoms with Gasteiger partial charge in [0.05, 0.1) is 4.92 Å². The maximum Gasteiger partial charge on any atom is 0.292 e. The second-order valence-corrected chi connectivity index (χ2v) is 4.51. The Morgan fingerprint density at radius 3 is 2.68 bits per heavy atom. The number of carbonyl (C=O) groups is 1. The van der Waals surface area contributed by atoms with Crippen LogP contribution < -0.4 is 10.6 Å². The summed E-state index contributed by atoms with van der Waals surface area (Å²) in [6, 6.07) is 11.8. The maximum absolute atomic E-state index is 13.0. The number of nitro benzene ring substituents is 1. The maximum atomic E-state index is 13.0. The number of amides is 1. The molecule has 1 amide bonds. The molecule has 0 atom stereocenters. The molecule has 0 aromatic heterocycles. The van der Waals surface area contributed by atoms with Crippen molar-refractivity contribution >= 4 is 23.0 Å². The highest BCUT2D eigenvalue weighted by molar-refractivity contribution is 5.91. The molecule has 22 heavy (non-hydrogen) atoms. The van der Waals surface area contributed by atoms with E-state index in [0.717, 1.165) is 0 Å². The number of carbonyl (C=O) groups excluding carboxylic acids is 1. The van der Waals surface area contributed by atoms with Crippen LogP contribution in [0, 0.1) is 15.9 Å². The van der Waals surface area contributed by atoms with Gasteiger partial charge in [0.25, 0.3) is 5.69 Å². The van der Waals surface area contributed by atoms with E-state index < -0.39 is 10.7 Å². The van der Waals surface area contributed by atoms with Gasteiger partial charge >= 0.3 is 0 Å². The molecule has 2 rings (SSSR count). The van der Waals surface area contributed by atoms with E-state index in [9.17, 15) is 19.3 Å². The first-order valence-corrected chi connectivity index (χ1v) is 6.59. The van der Waals surface area contributed by atoms with E-state index in [4.69, 9.17) is 0 Å². The third-order valence-corrected chi connectivity index (χ3v) is 2.88. The first-order valence-electron chi connectivity index (χ1n) is 6.59. The molecule has 0 aliphatic rings. The zero-order valence-electron chi connectivity index (χ0n) is 11.6. The number of nitrogens with one attached hydrogen (secondary N) is 2. The Labute approximate surface area is 126 Å². The molecule has 0 saturated carbocycles. The van der Waals surface area contributed by atoms with Crippen molar-refractivity contribution in [3.05, 3.63) is 64.5 Å². The fourth-order valence-electron chi connectivity index (χ4n) is 1.88. The van der Waals surface area contributed by atoms with E-state index >= 15 is 0 Å². The summed E-state index contributed by atoms with van der Waals surface area (Å²) in [6.45, 7) is 0.228. The molecule has 0 saturated heterocycles. The average molecular weight is 303 g/mol. The Balaban J connectivity index is 1.86. The van der Waals surface area contributed by atoms with Gasteiger partial charge in [-0.15, -0.1) is 0 Å². The van der Waals surface area contributed by atoms with Gasteiger partial charge in [-0.25, -0.2) is 4.39 Å². The summed E-state index contributed by atoms with van der Waals surface area (Å²) in [7, 11) is 0. The number of hydrogen-bond acceptors (Lipinski definition) is 4. The van der Waals surface area contributed by atoms with Gasteiger partial charge < -0.3 is 10.6 Å². The standard InChI is InChI=1S/C15H14FN3O3/c16-11-4-3-5-12(10-11)18-15(20)8-9-17-13-6-1-2-7-14(13)19(21)22/h1-7,10,17H,8-9H2,(H,18,20). The zero-order valence-corrected chi connectivity index (χ0v) is 11.6. The summed E-state index contributed by atoms with van der Waals surface area (Å²) in [5, 5.41) is 16.2. The minimum atomic E-state index is -0.491. The minimum absolute atomic E-state index is 0.0481. The molecule has 2 N–H and O–H groups in total. The highest BCUT2D eigenvalue weighted by atomic mass is 19.1. The van der Waals surface area contributed by atoms with Gasteiger partial charge in [-0.3, -0.25) is 14.9 Å². The number of rotatable bonds is 6. The number of para-hydroxylation sites is 2. The van der Waals surface area contributed by atoms with Crippen molar-refractivity contribution in [2.24, 2.45) is 0 Å². The zero-order chi connectivity index (χ0) is 15.9. The Kier molecular flexibility index (Phi) is 5.02. The molecule has 0 heterocycles. The third-order valence-electron chi connectivity index (χ3n) is 2.88. The molecule has 0 aliphatic heterocycles. The van der Waals surface area contributed by atoms with Gasteiger partial charge in [-0.05, 0) is 24.3 Å². The molecule has 0 bridgehead atoms. The molecule has 114 valence electrons. The van der Waals surface area contributed by atoms with Gasteiger partial charge in [-0.2, -0.15) is 0 Å². The van der Waals surface area contributed by atoms with Crippen LogP contribution in [0.4, 0.5) is 21.5 Å². The topological polar surface area (TPSA) is 84.3 Å². The second-order valence-electron chi connectivity index (χ2n) is 4.51. The molecule has 0 radical (unpaired) electrons. The normalized spacial score (nSPS) is 10.0. The molecule has 6 nitrogen and oxygen atoms in total. The summed E-state index contributed by atoms with van der Waals surface area (Å²) in [5.74, 6) is -0.743. The van der Waals surface area contributed by atoms with Gasteiger partial charge in [0.15, 0.2) is 0 Å². The van der Waals surface area contributed by atoms with Crippen LogP contribution in [-0.4, -0.2) is 17.4 Å².